The van der Waals surface area contributed by atoms with Gasteiger partial charge < -0.3 is 14.8 Å². The maximum Gasteiger partial charge on any atom is 0.410 e. The molecule has 0 radical (unpaired) electrons. The molecule has 6 nitrogen and oxygen atoms in total. The summed E-state index contributed by atoms with van der Waals surface area (Å²) in [7, 11) is 0. The molecule has 1 aliphatic heterocycles. The molecule has 2 rings (SSSR count). The average Bonchev–Trinajstić information content (AvgIpc) is 2.51. The van der Waals surface area contributed by atoms with E-state index in [0.29, 0.717) is 32.3 Å². The summed E-state index contributed by atoms with van der Waals surface area (Å²) in [6.45, 7) is 8.77. The van der Waals surface area contributed by atoms with E-state index in [-0.39, 0.29) is 6.09 Å². The Kier molecular flexibility index (Phi) is 6.69. The summed E-state index contributed by atoms with van der Waals surface area (Å²) < 4.78 is 11.3. The van der Waals surface area contributed by atoms with Crippen molar-refractivity contribution in [3.63, 3.8) is 0 Å². The second-order valence-corrected chi connectivity index (χ2v) is 7.29. The van der Waals surface area contributed by atoms with Crippen LogP contribution in [0.4, 0.5) is 4.79 Å². The maximum absolute atomic E-state index is 12.1. The molecular weight excluding hydrogens is 294 g/mol. The zero-order chi connectivity index (χ0) is 16.7. The van der Waals surface area contributed by atoms with Crippen LogP contribution in [0.3, 0.4) is 0 Å². The minimum atomic E-state index is -0.465. The summed E-state index contributed by atoms with van der Waals surface area (Å²) in [5.41, 5.74) is -0.465. The van der Waals surface area contributed by atoms with E-state index >= 15 is 0 Å². The molecule has 0 aromatic heterocycles. The van der Waals surface area contributed by atoms with E-state index < -0.39 is 5.60 Å². The minimum absolute atomic E-state index is 0.273. The maximum atomic E-state index is 12.1. The lowest BCUT2D eigenvalue weighted by molar-refractivity contribution is 0.0272. The molecule has 1 amide bonds. The molecule has 132 valence electrons. The monoisotopic (exact) mass is 325 g/mol. The van der Waals surface area contributed by atoms with Crippen molar-refractivity contribution in [2.45, 2.75) is 64.6 Å². The fourth-order valence-corrected chi connectivity index (χ4v) is 2.86. The SMILES string of the molecule is CC(C)(C)OC(=O)N1CCN=C(NCCOC2CCCCC2)C1. The fraction of sp³-hybridized carbons (Fsp3) is 0.882. The summed E-state index contributed by atoms with van der Waals surface area (Å²) >= 11 is 0. The number of carbonyl (C=O) groups is 1. The zero-order valence-electron chi connectivity index (χ0n) is 14.8. The summed E-state index contributed by atoms with van der Waals surface area (Å²) in [6.07, 6.45) is 6.45. The molecule has 1 heterocycles. The Labute approximate surface area is 139 Å². The Hall–Kier alpha value is -1.30. The summed E-state index contributed by atoms with van der Waals surface area (Å²) in [6, 6.07) is 0. The summed E-state index contributed by atoms with van der Waals surface area (Å²) in [4.78, 5) is 18.2. The topological polar surface area (TPSA) is 63.2 Å². The number of nitrogens with zero attached hydrogens (tertiary/aromatic N) is 2. The predicted molar refractivity (Wildman–Crippen MR) is 90.9 cm³/mol. The molecule has 2 aliphatic rings. The Morgan fingerprint density at radius 2 is 2.04 bits per heavy atom. The van der Waals surface area contributed by atoms with Crippen LogP contribution in [0, 0.1) is 0 Å². The molecule has 0 aromatic carbocycles. The third kappa shape index (κ3) is 6.77. The van der Waals surface area contributed by atoms with Crippen molar-refractivity contribution in [3.05, 3.63) is 0 Å². The lowest BCUT2D eigenvalue weighted by Crippen LogP contribution is -2.47. The molecule has 0 unspecified atom stereocenters. The standard InChI is InChI=1S/C17H31N3O3/c1-17(2,3)23-16(21)20-11-9-18-15(13-20)19-10-12-22-14-7-5-4-6-8-14/h14H,4-13H2,1-3H3,(H,18,19). The number of nitrogens with one attached hydrogen (secondary N) is 1. The van der Waals surface area contributed by atoms with Gasteiger partial charge in [0.1, 0.15) is 11.4 Å². The van der Waals surface area contributed by atoms with Gasteiger partial charge in [-0.3, -0.25) is 9.89 Å². The van der Waals surface area contributed by atoms with E-state index in [9.17, 15) is 4.79 Å². The van der Waals surface area contributed by atoms with Gasteiger partial charge in [-0.2, -0.15) is 0 Å². The molecule has 1 aliphatic carbocycles. The number of aliphatic imine (C=N–C) groups is 1. The van der Waals surface area contributed by atoms with Gasteiger partial charge in [-0.25, -0.2) is 4.79 Å². The number of carbonyl (C=O) groups excluding carboxylic acids is 1. The van der Waals surface area contributed by atoms with Gasteiger partial charge in [-0.05, 0) is 33.6 Å². The first-order valence-corrected chi connectivity index (χ1v) is 8.81. The first-order chi connectivity index (χ1) is 10.9. The predicted octanol–water partition coefficient (Wildman–Crippen LogP) is 2.57. The Morgan fingerprint density at radius 3 is 2.74 bits per heavy atom. The van der Waals surface area contributed by atoms with Gasteiger partial charge in [0.25, 0.3) is 0 Å². The van der Waals surface area contributed by atoms with Gasteiger partial charge in [-0.15, -0.1) is 0 Å². The third-order valence-corrected chi connectivity index (χ3v) is 4.00. The van der Waals surface area contributed by atoms with Crippen molar-refractivity contribution in [2.75, 3.05) is 32.8 Å². The number of rotatable bonds is 4. The molecule has 1 saturated carbocycles. The molecule has 0 saturated heterocycles. The lowest BCUT2D eigenvalue weighted by atomic mass is 9.98. The van der Waals surface area contributed by atoms with Gasteiger partial charge in [-0.1, -0.05) is 19.3 Å². The number of hydrogen-bond donors (Lipinski definition) is 1. The van der Waals surface area contributed by atoms with Gasteiger partial charge in [0.05, 0.1) is 25.8 Å². The molecule has 0 atom stereocenters. The van der Waals surface area contributed by atoms with Gasteiger partial charge >= 0.3 is 6.09 Å². The Balaban J connectivity index is 1.65. The number of ether oxygens (including phenoxy) is 2. The van der Waals surface area contributed by atoms with Crippen molar-refractivity contribution >= 4 is 11.9 Å². The first kappa shape index (κ1) is 18.0. The lowest BCUT2D eigenvalue weighted by Gasteiger charge is -2.30. The van der Waals surface area contributed by atoms with Crippen LogP contribution in [0.1, 0.15) is 52.9 Å². The van der Waals surface area contributed by atoms with E-state index in [1.54, 1.807) is 4.90 Å². The van der Waals surface area contributed by atoms with Crippen LogP contribution in [0.25, 0.3) is 0 Å². The number of hydrogen-bond acceptors (Lipinski definition) is 5. The van der Waals surface area contributed by atoms with Crippen LogP contribution in [-0.4, -0.2) is 61.3 Å². The van der Waals surface area contributed by atoms with Crippen LogP contribution in [0.5, 0.6) is 0 Å². The second-order valence-electron chi connectivity index (χ2n) is 7.29. The first-order valence-electron chi connectivity index (χ1n) is 8.81. The molecule has 0 aromatic rings. The largest absolute Gasteiger partial charge is 0.444 e. The van der Waals surface area contributed by atoms with Gasteiger partial charge in [0, 0.05) is 13.1 Å². The van der Waals surface area contributed by atoms with Crippen LogP contribution >= 0.6 is 0 Å². The second kappa shape index (κ2) is 8.52. The van der Waals surface area contributed by atoms with Gasteiger partial charge in [0.15, 0.2) is 0 Å². The number of amides is 1. The van der Waals surface area contributed by atoms with Crippen LogP contribution in [0.2, 0.25) is 0 Å². The molecule has 0 spiro atoms. The number of amidine groups is 1. The van der Waals surface area contributed by atoms with E-state index in [1.165, 1.54) is 32.1 Å². The summed E-state index contributed by atoms with van der Waals surface area (Å²) in [5.74, 6) is 0.842. The van der Waals surface area contributed by atoms with Crippen molar-refractivity contribution in [1.29, 1.82) is 0 Å². The molecule has 23 heavy (non-hydrogen) atoms. The van der Waals surface area contributed by atoms with Crippen molar-refractivity contribution < 1.29 is 14.3 Å². The van der Waals surface area contributed by atoms with Crippen LogP contribution in [0.15, 0.2) is 4.99 Å². The van der Waals surface area contributed by atoms with Crippen molar-refractivity contribution in [3.8, 4) is 0 Å². The van der Waals surface area contributed by atoms with Crippen molar-refractivity contribution in [2.24, 2.45) is 4.99 Å². The Bertz CT molecular complexity index is 412. The quantitative estimate of drug-likeness (QED) is 0.807. The van der Waals surface area contributed by atoms with E-state index in [0.717, 1.165) is 12.4 Å². The average molecular weight is 325 g/mol. The highest BCUT2D eigenvalue weighted by Gasteiger charge is 2.24. The molecule has 0 bridgehead atoms. The highest BCUT2D eigenvalue weighted by atomic mass is 16.6. The van der Waals surface area contributed by atoms with Crippen LogP contribution in [-0.2, 0) is 9.47 Å². The zero-order valence-corrected chi connectivity index (χ0v) is 14.8. The van der Waals surface area contributed by atoms with Crippen LogP contribution < -0.4 is 5.32 Å². The minimum Gasteiger partial charge on any atom is -0.444 e. The van der Waals surface area contributed by atoms with Gasteiger partial charge in [0.2, 0.25) is 0 Å². The Morgan fingerprint density at radius 1 is 1.30 bits per heavy atom. The highest BCUT2D eigenvalue weighted by Crippen LogP contribution is 2.19. The molecular formula is C17H31N3O3. The van der Waals surface area contributed by atoms with E-state index in [4.69, 9.17) is 9.47 Å². The molecule has 1 fully saturated rings. The smallest absolute Gasteiger partial charge is 0.410 e. The third-order valence-electron chi connectivity index (χ3n) is 4.00. The van der Waals surface area contributed by atoms with Crippen molar-refractivity contribution in [1.82, 2.24) is 10.2 Å². The van der Waals surface area contributed by atoms with E-state index in [1.807, 2.05) is 20.8 Å². The van der Waals surface area contributed by atoms with E-state index in [2.05, 4.69) is 10.3 Å². The fourth-order valence-electron chi connectivity index (χ4n) is 2.86. The molecule has 1 N–H and O–H groups in total. The normalized spacial score (nSPS) is 20.1. The molecule has 6 heteroatoms. The highest BCUT2D eigenvalue weighted by molar-refractivity contribution is 5.87. The summed E-state index contributed by atoms with van der Waals surface area (Å²) in [5, 5.41) is 3.28.